The number of ether oxygens (including phenoxy) is 1. The van der Waals surface area contributed by atoms with Crippen LogP contribution in [0.15, 0.2) is 58.5 Å². The number of nitrogens with two attached hydrogens (primary N) is 1. The Morgan fingerprint density at radius 1 is 1.10 bits per heavy atom. The second-order valence-corrected chi connectivity index (χ2v) is 8.82. The van der Waals surface area contributed by atoms with Crippen LogP contribution in [0.2, 0.25) is 0 Å². The van der Waals surface area contributed by atoms with Gasteiger partial charge in [-0.05, 0) is 42.7 Å². The molecule has 0 fully saturated rings. The van der Waals surface area contributed by atoms with Gasteiger partial charge in [-0.25, -0.2) is 9.66 Å². The Balaban J connectivity index is 1.45. The molecule has 0 amide bonds. The Hall–Kier alpha value is -3.33. The first-order valence-corrected chi connectivity index (χ1v) is 10.9. The first-order chi connectivity index (χ1) is 14.9. The van der Waals surface area contributed by atoms with E-state index < -0.39 is 0 Å². The Morgan fingerprint density at radius 3 is 2.58 bits per heavy atom. The summed E-state index contributed by atoms with van der Waals surface area (Å²) in [6.07, 6.45) is 0. The van der Waals surface area contributed by atoms with E-state index in [1.54, 1.807) is 6.07 Å². The first kappa shape index (κ1) is 20.9. The second kappa shape index (κ2) is 8.81. The highest BCUT2D eigenvalue weighted by molar-refractivity contribution is 7.99. The van der Waals surface area contributed by atoms with Gasteiger partial charge in [-0.2, -0.15) is 0 Å². The average Bonchev–Trinajstić information content (AvgIpc) is 3.11. The molecule has 8 nitrogen and oxygen atoms in total. The Kier molecular flexibility index (Phi) is 5.94. The number of rotatable bonds is 7. The van der Waals surface area contributed by atoms with E-state index in [4.69, 9.17) is 10.6 Å². The van der Waals surface area contributed by atoms with E-state index in [-0.39, 0.29) is 17.4 Å². The maximum Gasteiger partial charge on any atom is 0.258 e. The summed E-state index contributed by atoms with van der Waals surface area (Å²) in [6, 6.07) is 15.2. The maximum absolute atomic E-state index is 12.3. The summed E-state index contributed by atoms with van der Waals surface area (Å²) >= 11 is 1.36. The number of benzene rings is 2. The van der Waals surface area contributed by atoms with E-state index >= 15 is 0 Å². The molecule has 2 heterocycles. The smallest absolute Gasteiger partial charge is 0.258 e. The summed E-state index contributed by atoms with van der Waals surface area (Å²) in [4.78, 5) is 19.7. The monoisotopic (exact) mass is 436 g/mol. The lowest BCUT2D eigenvalue weighted by molar-refractivity contribution is 0.291. The summed E-state index contributed by atoms with van der Waals surface area (Å²) < 4.78 is 7.21. The molecular formula is C22H24N6O2S. The van der Waals surface area contributed by atoms with E-state index in [1.807, 2.05) is 49.4 Å². The number of nitrogen functional groups attached to an aromatic ring is 1. The van der Waals surface area contributed by atoms with Gasteiger partial charge in [0.1, 0.15) is 18.2 Å². The van der Waals surface area contributed by atoms with Gasteiger partial charge in [0.05, 0.1) is 16.2 Å². The minimum atomic E-state index is -0.179. The zero-order valence-corrected chi connectivity index (χ0v) is 18.4. The van der Waals surface area contributed by atoms with Crippen molar-refractivity contribution in [2.75, 3.05) is 5.84 Å². The van der Waals surface area contributed by atoms with Crippen LogP contribution in [-0.4, -0.2) is 24.8 Å². The predicted octanol–water partition coefficient (Wildman–Crippen LogP) is 3.78. The summed E-state index contributed by atoms with van der Waals surface area (Å²) in [5, 5.41) is 9.20. The number of fused-ring (bicyclic) bond motifs is 1. The van der Waals surface area contributed by atoms with Gasteiger partial charge in [0.15, 0.2) is 5.82 Å². The van der Waals surface area contributed by atoms with Crippen molar-refractivity contribution in [3.05, 3.63) is 76.1 Å². The molecule has 9 heteroatoms. The van der Waals surface area contributed by atoms with Crippen molar-refractivity contribution in [1.82, 2.24) is 24.8 Å². The number of hydrogen-bond acceptors (Lipinski definition) is 7. The third-order valence-corrected chi connectivity index (χ3v) is 6.01. The van der Waals surface area contributed by atoms with E-state index in [9.17, 15) is 4.79 Å². The van der Waals surface area contributed by atoms with Crippen molar-refractivity contribution in [2.45, 2.75) is 43.7 Å². The van der Waals surface area contributed by atoms with Gasteiger partial charge in [-0.15, -0.1) is 10.2 Å². The normalized spacial score (nSPS) is 12.4. The van der Waals surface area contributed by atoms with Gasteiger partial charge in [-0.3, -0.25) is 4.79 Å². The molecule has 0 saturated heterocycles. The van der Waals surface area contributed by atoms with Crippen LogP contribution in [-0.2, 0) is 6.61 Å². The molecular weight excluding hydrogens is 412 g/mol. The van der Waals surface area contributed by atoms with Crippen molar-refractivity contribution in [3.8, 4) is 5.75 Å². The minimum Gasteiger partial charge on any atom is -0.486 e. The fourth-order valence-corrected chi connectivity index (χ4v) is 3.94. The average molecular weight is 437 g/mol. The van der Waals surface area contributed by atoms with Gasteiger partial charge >= 0.3 is 0 Å². The van der Waals surface area contributed by atoms with E-state index in [0.29, 0.717) is 33.6 Å². The molecule has 2 aromatic carbocycles. The number of nitrogens with zero attached hydrogens (tertiary/aromatic N) is 4. The molecule has 0 aliphatic heterocycles. The molecule has 31 heavy (non-hydrogen) atoms. The largest absolute Gasteiger partial charge is 0.486 e. The van der Waals surface area contributed by atoms with Crippen molar-refractivity contribution in [3.63, 3.8) is 0 Å². The molecule has 4 aromatic rings. The van der Waals surface area contributed by atoms with Crippen LogP contribution in [0.1, 0.15) is 49.2 Å². The van der Waals surface area contributed by atoms with Gasteiger partial charge < -0.3 is 15.6 Å². The van der Waals surface area contributed by atoms with Crippen LogP contribution in [0.3, 0.4) is 0 Å². The lowest BCUT2D eigenvalue weighted by Crippen LogP contribution is -2.17. The summed E-state index contributed by atoms with van der Waals surface area (Å²) in [6.45, 7) is 6.43. The quantitative estimate of drug-likeness (QED) is 0.335. The lowest BCUT2D eigenvalue weighted by atomic mass is 10.0. The Labute approximate surface area is 183 Å². The molecule has 0 bridgehead atoms. The highest BCUT2D eigenvalue weighted by Crippen LogP contribution is 2.31. The van der Waals surface area contributed by atoms with Crippen molar-refractivity contribution in [1.29, 1.82) is 0 Å². The van der Waals surface area contributed by atoms with Gasteiger partial charge in [-0.1, -0.05) is 49.9 Å². The number of aromatic nitrogens is 5. The highest BCUT2D eigenvalue weighted by atomic mass is 32.2. The highest BCUT2D eigenvalue weighted by Gasteiger charge is 2.18. The number of para-hydroxylation sites is 1. The third-order valence-electron chi connectivity index (χ3n) is 4.95. The molecule has 0 aliphatic carbocycles. The lowest BCUT2D eigenvalue weighted by Gasteiger charge is -2.11. The maximum atomic E-state index is 12.3. The van der Waals surface area contributed by atoms with Gasteiger partial charge in [0.2, 0.25) is 5.16 Å². The fourth-order valence-electron chi connectivity index (χ4n) is 3.09. The molecule has 0 radical (unpaired) electrons. The topological polar surface area (TPSA) is 112 Å². The number of thioether (sulfide) groups is 1. The van der Waals surface area contributed by atoms with Crippen molar-refractivity contribution >= 4 is 22.7 Å². The second-order valence-electron chi connectivity index (χ2n) is 7.51. The molecule has 0 aliphatic rings. The van der Waals surface area contributed by atoms with Crippen LogP contribution in [0.4, 0.5) is 0 Å². The van der Waals surface area contributed by atoms with Crippen LogP contribution in [0, 0.1) is 0 Å². The summed E-state index contributed by atoms with van der Waals surface area (Å²) in [5.74, 6) is 8.45. The van der Waals surface area contributed by atoms with Crippen LogP contribution < -0.4 is 16.1 Å². The van der Waals surface area contributed by atoms with E-state index in [1.165, 1.54) is 22.0 Å². The SMILES string of the molecule is CC(C)c1ccc(OCc2nnc(SC(C)c3nc4ccccc4c(=O)[nH]3)n2N)cc1. The van der Waals surface area contributed by atoms with E-state index in [2.05, 4.69) is 34.0 Å². The third kappa shape index (κ3) is 4.56. The van der Waals surface area contributed by atoms with Crippen LogP contribution in [0.5, 0.6) is 5.75 Å². The molecule has 3 N–H and O–H groups in total. The Morgan fingerprint density at radius 2 is 1.84 bits per heavy atom. The molecule has 1 unspecified atom stereocenters. The standard InChI is InChI=1S/C22H24N6O2S/c1-13(2)15-8-10-16(11-9-15)30-12-19-26-27-22(28(19)23)31-14(3)20-24-18-7-5-4-6-17(18)21(29)25-20/h4-11,13-14H,12,23H2,1-3H3,(H,24,25,29). The molecule has 4 rings (SSSR count). The summed E-state index contributed by atoms with van der Waals surface area (Å²) in [5.41, 5.74) is 1.74. The first-order valence-electron chi connectivity index (χ1n) is 10.00. The number of H-pyrrole nitrogens is 1. The zero-order chi connectivity index (χ0) is 22.0. The molecule has 2 aromatic heterocycles. The van der Waals surface area contributed by atoms with Crippen LogP contribution >= 0.6 is 11.8 Å². The predicted molar refractivity (Wildman–Crippen MR) is 122 cm³/mol. The molecule has 1 atom stereocenters. The van der Waals surface area contributed by atoms with Crippen molar-refractivity contribution < 1.29 is 4.74 Å². The van der Waals surface area contributed by atoms with Crippen molar-refractivity contribution in [2.24, 2.45) is 0 Å². The fraction of sp³-hybridized carbons (Fsp3) is 0.273. The van der Waals surface area contributed by atoms with Gasteiger partial charge in [0.25, 0.3) is 5.56 Å². The minimum absolute atomic E-state index is 0.167. The Bertz CT molecular complexity index is 1250. The number of nitrogens with one attached hydrogen (secondary N) is 1. The summed E-state index contributed by atoms with van der Waals surface area (Å²) in [7, 11) is 0. The molecule has 160 valence electrons. The number of hydrogen-bond donors (Lipinski definition) is 2. The molecule has 0 spiro atoms. The zero-order valence-electron chi connectivity index (χ0n) is 17.6. The number of aromatic amines is 1. The molecule has 0 saturated carbocycles. The van der Waals surface area contributed by atoms with Gasteiger partial charge in [0, 0.05) is 0 Å². The van der Waals surface area contributed by atoms with E-state index in [0.717, 1.165) is 5.75 Å². The van der Waals surface area contributed by atoms with Crippen LogP contribution in [0.25, 0.3) is 10.9 Å².